The summed E-state index contributed by atoms with van der Waals surface area (Å²) < 4.78 is 23.8. The zero-order valence-corrected chi connectivity index (χ0v) is 13.3. The fraction of sp³-hybridized carbons (Fsp3) is 0.250. The highest BCUT2D eigenvalue weighted by molar-refractivity contribution is 7.58. The molecule has 2 aromatic carbocycles. The highest BCUT2D eigenvalue weighted by Gasteiger charge is 2.67. The zero-order chi connectivity index (χ0) is 14.8. The van der Waals surface area contributed by atoms with E-state index in [2.05, 4.69) is 12.1 Å². The summed E-state index contributed by atoms with van der Waals surface area (Å²) >= 11 is 0. The molecule has 0 radical (unpaired) electrons. The van der Waals surface area contributed by atoms with Crippen LogP contribution < -0.4 is 18.1 Å². The van der Waals surface area contributed by atoms with Crippen LogP contribution >= 0.6 is 8.17 Å². The zero-order valence-electron chi connectivity index (χ0n) is 12.4. The predicted molar refractivity (Wildman–Crippen MR) is 81.3 cm³/mol. The first-order valence-electron chi connectivity index (χ1n) is 6.86. The van der Waals surface area contributed by atoms with Gasteiger partial charge in [-0.3, -0.25) is 0 Å². The van der Waals surface area contributed by atoms with Gasteiger partial charge in [0.2, 0.25) is 23.0 Å². The van der Waals surface area contributed by atoms with Gasteiger partial charge in [0.1, 0.15) is 0 Å². The van der Waals surface area contributed by atoms with E-state index in [9.17, 15) is 0 Å². The van der Waals surface area contributed by atoms with Crippen LogP contribution in [0.2, 0.25) is 0 Å². The third-order valence-electron chi connectivity index (χ3n) is 3.60. The molecule has 2 aromatic rings. The maximum atomic E-state index is 5.96. The van der Waals surface area contributed by atoms with Crippen molar-refractivity contribution < 1.29 is 18.1 Å². The van der Waals surface area contributed by atoms with Crippen LogP contribution in [0.4, 0.5) is 0 Å². The molecule has 0 unspecified atom stereocenters. The molecule has 0 aliphatic carbocycles. The average Bonchev–Trinajstić information content (AvgIpc) is 2.90. The van der Waals surface area contributed by atoms with Gasteiger partial charge in [-0.15, -0.1) is 0 Å². The van der Waals surface area contributed by atoms with Crippen LogP contribution in [0.25, 0.3) is 0 Å². The lowest BCUT2D eigenvalue weighted by atomic mass is 10.1. The maximum Gasteiger partial charge on any atom is 0.767 e. The molecule has 4 rings (SSSR count). The Morgan fingerprint density at radius 3 is 1.48 bits per heavy atom. The summed E-state index contributed by atoms with van der Waals surface area (Å²) in [6, 6.07) is 8.01. The van der Waals surface area contributed by atoms with Crippen molar-refractivity contribution in [2.24, 2.45) is 0 Å². The Hall–Kier alpha value is -1.93. The summed E-state index contributed by atoms with van der Waals surface area (Å²) in [6.45, 7) is 8.04. The van der Waals surface area contributed by atoms with Crippen molar-refractivity contribution in [2.45, 2.75) is 27.7 Å². The van der Waals surface area contributed by atoms with E-state index < -0.39 is 8.17 Å². The number of hydrogen-bond acceptors (Lipinski definition) is 4. The van der Waals surface area contributed by atoms with Gasteiger partial charge in [0.05, 0.1) is 0 Å². The predicted octanol–water partition coefficient (Wildman–Crippen LogP) is 4.84. The Morgan fingerprint density at radius 2 is 1.05 bits per heavy atom. The minimum absolute atomic E-state index is 0.697. The molecule has 2 heterocycles. The first-order valence-corrected chi connectivity index (χ1v) is 8.32. The first kappa shape index (κ1) is 12.8. The minimum atomic E-state index is -2.85. The molecule has 0 atom stereocenters. The SMILES string of the molecule is Cc1cc(C)c2c(c1)O[P+]1(Oc3cc(C)cc(C)c3O1)O2. The fourth-order valence-electron chi connectivity index (χ4n) is 2.78. The van der Waals surface area contributed by atoms with Crippen molar-refractivity contribution in [2.75, 3.05) is 0 Å². The number of hydrogen-bond donors (Lipinski definition) is 0. The van der Waals surface area contributed by atoms with Gasteiger partial charge in [-0.2, -0.15) is 0 Å². The molecule has 0 saturated carbocycles. The summed E-state index contributed by atoms with van der Waals surface area (Å²) in [5.74, 6) is 2.83. The number of fused-ring (bicyclic) bond motifs is 2. The van der Waals surface area contributed by atoms with Crippen molar-refractivity contribution in [1.82, 2.24) is 0 Å². The largest absolute Gasteiger partial charge is 0.767 e. The van der Waals surface area contributed by atoms with E-state index in [0.717, 1.165) is 33.8 Å². The second kappa shape index (κ2) is 4.05. The fourth-order valence-corrected chi connectivity index (χ4v) is 4.67. The molecule has 2 aliphatic rings. The van der Waals surface area contributed by atoms with Crippen LogP contribution in [0.1, 0.15) is 22.3 Å². The smallest absolute Gasteiger partial charge is 0.237 e. The summed E-state index contributed by atoms with van der Waals surface area (Å²) in [5.41, 5.74) is 4.30. The molecule has 0 fully saturated rings. The minimum Gasteiger partial charge on any atom is -0.237 e. The van der Waals surface area contributed by atoms with Gasteiger partial charge >= 0.3 is 8.17 Å². The Labute approximate surface area is 124 Å². The molecule has 4 nitrogen and oxygen atoms in total. The van der Waals surface area contributed by atoms with Gasteiger partial charge < -0.3 is 0 Å². The topological polar surface area (TPSA) is 36.9 Å². The average molecular weight is 303 g/mol. The molecule has 0 aromatic heterocycles. The van der Waals surface area contributed by atoms with E-state index in [4.69, 9.17) is 18.1 Å². The highest BCUT2D eigenvalue weighted by atomic mass is 31.2. The van der Waals surface area contributed by atoms with Crippen LogP contribution in [0.15, 0.2) is 24.3 Å². The Balaban J connectivity index is 1.75. The van der Waals surface area contributed by atoms with E-state index in [1.165, 1.54) is 0 Å². The first-order chi connectivity index (χ1) is 9.96. The van der Waals surface area contributed by atoms with Gasteiger partial charge in [0.15, 0.2) is 0 Å². The van der Waals surface area contributed by atoms with Gasteiger partial charge in [0.25, 0.3) is 0 Å². The Kier molecular flexibility index (Phi) is 2.46. The van der Waals surface area contributed by atoms with Gasteiger partial charge in [0, 0.05) is 11.1 Å². The van der Waals surface area contributed by atoms with E-state index in [-0.39, 0.29) is 0 Å². The molecular weight excluding hydrogens is 287 g/mol. The van der Waals surface area contributed by atoms with Crippen molar-refractivity contribution in [3.63, 3.8) is 0 Å². The van der Waals surface area contributed by atoms with E-state index in [0.29, 0.717) is 11.5 Å². The van der Waals surface area contributed by atoms with Gasteiger partial charge in [-0.1, -0.05) is 12.1 Å². The lowest BCUT2D eigenvalue weighted by Crippen LogP contribution is -2.10. The molecule has 21 heavy (non-hydrogen) atoms. The number of benzene rings is 2. The molecule has 2 aliphatic heterocycles. The van der Waals surface area contributed by atoms with Crippen LogP contribution in [0, 0.1) is 27.7 Å². The molecule has 0 amide bonds. The van der Waals surface area contributed by atoms with Crippen molar-refractivity contribution >= 4 is 8.17 Å². The maximum absolute atomic E-state index is 5.96. The van der Waals surface area contributed by atoms with Crippen molar-refractivity contribution in [3.8, 4) is 23.0 Å². The highest BCUT2D eigenvalue weighted by Crippen LogP contribution is 2.73. The Morgan fingerprint density at radius 1 is 0.619 bits per heavy atom. The second-order valence-electron chi connectivity index (χ2n) is 5.63. The van der Waals surface area contributed by atoms with Crippen molar-refractivity contribution in [3.05, 3.63) is 46.5 Å². The lowest BCUT2D eigenvalue weighted by molar-refractivity contribution is 0.332. The van der Waals surface area contributed by atoms with Crippen LogP contribution in [0.5, 0.6) is 23.0 Å². The monoisotopic (exact) mass is 303 g/mol. The van der Waals surface area contributed by atoms with Crippen LogP contribution in [-0.4, -0.2) is 0 Å². The molecule has 0 N–H and O–H groups in total. The molecule has 5 heteroatoms. The normalized spacial score (nSPS) is 16.6. The van der Waals surface area contributed by atoms with E-state index >= 15 is 0 Å². The second-order valence-corrected chi connectivity index (χ2v) is 7.26. The van der Waals surface area contributed by atoms with Crippen molar-refractivity contribution in [1.29, 1.82) is 0 Å². The Bertz CT molecular complexity index is 704. The third-order valence-corrected chi connectivity index (χ3v) is 5.25. The van der Waals surface area contributed by atoms with E-state index in [1.807, 2.05) is 39.8 Å². The summed E-state index contributed by atoms with van der Waals surface area (Å²) in [6.07, 6.45) is 0. The lowest BCUT2D eigenvalue weighted by Gasteiger charge is -2.04. The van der Waals surface area contributed by atoms with Gasteiger partial charge in [-0.05, 0) is 51.0 Å². The van der Waals surface area contributed by atoms with E-state index in [1.54, 1.807) is 0 Å². The molecule has 108 valence electrons. The number of rotatable bonds is 0. The molecule has 1 spiro atoms. The summed E-state index contributed by atoms with van der Waals surface area (Å²) in [5, 5.41) is 0. The molecule has 0 saturated heterocycles. The number of aryl methyl sites for hydroxylation is 4. The molecule has 0 bridgehead atoms. The third kappa shape index (κ3) is 1.86. The quantitative estimate of drug-likeness (QED) is 0.653. The summed E-state index contributed by atoms with van der Waals surface area (Å²) in [7, 11) is -2.85. The van der Waals surface area contributed by atoms with Crippen LogP contribution in [-0.2, 0) is 0 Å². The van der Waals surface area contributed by atoms with Crippen LogP contribution in [0.3, 0.4) is 0 Å². The summed E-state index contributed by atoms with van der Waals surface area (Å²) in [4.78, 5) is 0. The standard InChI is InChI=1S/C16H16O4P/c1-9-5-11(3)15-13(7-9)17-21(19-15)18-14-8-10(2)6-12(4)16(14)20-21/h5-8H,1-4H3/q+1. The molecular formula is C16H16O4P+. The van der Waals surface area contributed by atoms with Gasteiger partial charge in [-0.25, -0.2) is 18.1 Å².